The van der Waals surface area contributed by atoms with Crippen LogP contribution in [0.2, 0.25) is 0 Å². The van der Waals surface area contributed by atoms with E-state index in [0.717, 1.165) is 6.20 Å². The van der Waals surface area contributed by atoms with Gasteiger partial charge in [0.2, 0.25) is 6.20 Å². The van der Waals surface area contributed by atoms with E-state index in [1.807, 2.05) is 0 Å². The van der Waals surface area contributed by atoms with E-state index in [4.69, 9.17) is 0 Å². The fraction of sp³-hybridized carbons (Fsp3) is 0. The van der Waals surface area contributed by atoms with Crippen LogP contribution in [0.3, 0.4) is 0 Å². The molecular weight excluding hydrogens is 184 g/mol. The van der Waals surface area contributed by atoms with Crippen molar-refractivity contribution in [3.05, 3.63) is 46.1 Å². The second-order valence-corrected chi connectivity index (χ2v) is 2.83. The van der Waals surface area contributed by atoms with Gasteiger partial charge in [0.05, 0.1) is 4.92 Å². The smallest absolute Gasteiger partial charge is 0.262 e. The molecule has 2 rings (SSSR count). The minimum absolute atomic E-state index is 0.102. The van der Waals surface area contributed by atoms with Crippen molar-refractivity contribution in [2.75, 3.05) is 5.32 Å². The first kappa shape index (κ1) is 8.43. The van der Waals surface area contributed by atoms with Crippen molar-refractivity contribution in [1.29, 1.82) is 0 Å². The van der Waals surface area contributed by atoms with E-state index in [2.05, 4.69) is 5.32 Å². The number of para-hydroxylation sites is 1. The molecule has 70 valence electrons. The van der Waals surface area contributed by atoms with Crippen molar-refractivity contribution in [2.24, 2.45) is 0 Å². The minimum Gasteiger partial charge on any atom is -0.321 e. The molecule has 0 fully saturated rings. The second-order valence-electron chi connectivity index (χ2n) is 2.83. The quantitative estimate of drug-likeness (QED) is 0.411. The molecule has 0 saturated carbocycles. The third-order valence-electron chi connectivity index (χ3n) is 1.94. The van der Waals surface area contributed by atoms with Gasteiger partial charge in [-0.3, -0.25) is 14.9 Å². The van der Waals surface area contributed by atoms with Crippen molar-refractivity contribution in [2.45, 2.75) is 0 Å². The first-order valence-electron chi connectivity index (χ1n) is 3.94. The predicted octanol–water partition coefficient (Wildman–Crippen LogP) is 1.26. The molecule has 5 nitrogen and oxygen atoms in total. The average molecular weight is 190 g/mol. The van der Waals surface area contributed by atoms with Gasteiger partial charge in [0.15, 0.2) is 0 Å². The summed E-state index contributed by atoms with van der Waals surface area (Å²) in [5.41, 5.74) is 1.30. The summed E-state index contributed by atoms with van der Waals surface area (Å²) in [6, 6.07) is 6.86. The summed E-state index contributed by atoms with van der Waals surface area (Å²) in [6.07, 6.45) is 0.723. The maximum Gasteiger partial charge on any atom is 0.262 e. The first-order valence-corrected chi connectivity index (χ1v) is 3.94. The highest BCUT2D eigenvalue weighted by Gasteiger charge is 2.26. The van der Waals surface area contributed by atoms with Crippen LogP contribution in [0.4, 0.5) is 5.69 Å². The Morgan fingerprint density at radius 3 is 2.79 bits per heavy atom. The molecule has 0 saturated heterocycles. The highest BCUT2D eigenvalue weighted by Crippen LogP contribution is 2.30. The van der Waals surface area contributed by atoms with Gasteiger partial charge in [0, 0.05) is 11.3 Å². The Morgan fingerprint density at radius 2 is 2.07 bits per heavy atom. The molecule has 0 atom stereocenters. The van der Waals surface area contributed by atoms with Gasteiger partial charge in [-0.05, 0) is 6.07 Å². The van der Waals surface area contributed by atoms with Crippen molar-refractivity contribution in [3.63, 3.8) is 0 Å². The number of rotatable bonds is 1. The van der Waals surface area contributed by atoms with Gasteiger partial charge < -0.3 is 5.32 Å². The van der Waals surface area contributed by atoms with E-state index < -0.39 is 10.8 Å². The zero-order valence-electron chi connectivity index (χ0n) is 7.06. The van der Waals surface area contributed by atoms with Crippen molar-refractivity contribution >= 4 is 17.2 Å². The van der Waals surface area contributed by atoms with E-state index in [0.29, 0.717) is 11.3 Å². The van der Waals surface area contributed by atoms with Crippen molar-refractivity contribution in [3.8, 4) is 0 Å². The topological polar surface area (TPSA) is 72.2 Å². The van der Waals surface area contributed by atoms with E-state index in [9.17, 15) is 14.9 Å². The molecule has 0 unspecified atom stereocenters. The minimum atomic E-state index is -0.628. The van der Waals surface area contributed by atoms with Gasteiger partial charge in [-0.15, -0.1) is 0 Å². The lowest BCUT2D eigenvalue weighted by Gasteiger charge is -1.93. The summed E-state index contributed by atoms with van der Waals surface area (Å²) in [5.74, 6) is -0.428. The van der Waals surface area contributed by atoms with Gasteiger partial charge in [0.25, 0.3) is 5.91 Å². The van der Waals surface area contributed by atoms with Crippen LogP contribution in [0.25, 0.3) is 5.57 Å². The molecule has 0 aromatic heterocycles. The predicted molar refractivity (Wildman–Crippen MR) is 50.0 cm³/mol. The van der Waals surface area contributed by atoms with Crippen molar-refractivity contribution < 1.29 is 9.72 Å². The van der Waals surface area contributed by atoms with Crippen LogP contribution in [0.15, 0.2) is 30.5 Å². The molecule has 1 N–H and O–H groups in total. The maximum absolute atomic E-state index is 11.3. The standard InChI is InChI=1S/C9H6N2O3/c12-9-7(5-11(13)14)6-3-1-2-4-8(6)10-9/h1-5H,(H,10,12)/b7-5+. The molecule has 14 heavy (non-hydrogen) atoms. The molecule has 5 heteroatoms. The van der Waals surface area contributed by atoms with Gasteiger partial charge >= 0.3 is 0 Å². The molecule has 1 aromatic carbocycles. The van der Waals surface area contributed by atoms with Gasteiger partial charge in [0.1, 0.15) is 5.57 Å². The summed E-state index contributed by atoms with van der Waals surface area (Å²) in [5, 5.41) is 12.8. The van der Waals surface area contributed by atoms with Crippen LogP contribution in [-0.4, -0.2) is 10.8 Å². The Balaban J connectivity index is 2.55. The van der Waals surface area contributed by atoms with Gasteiger partial charge in [-0.2, -0.15) is 0 Å². The lowest BCUT2D eigenvalue weighted by Crippen LogP contribution is -2.04. The third-order valence-corrected chi connectivity index (χ3v) is 1.94. The number of fused-ring (bicyclic) bond motifs is 1. The number of benzene rings is 1. The Kier molecular flexibility index (Phi) is 1.78. The number of nitrogens with one attached hydrogen (secondary N) is 1. The van der Waals surface area contributed by atoms with Crippen LogP contribution in [0, 0.1) is 10.1 Å². The molecule has 1 aromatic rings. The number of carbonyl (C=O) groups is 1. The molecule has 0 radical (unpaired) electrons. The van der Waals surface area contributed by atoms with E-state index >= 15 is 0 Å². The average Bonchev–Trinajstić information content (AvgIpc) is 2.43. The fourth-order valence-electron chi connectivity index (χ4n) is 1.37. The van der Waals surface area contributed by atoms with Crippen LogP contribution in [-0.2, 0) is 4.79 Å². The Labute approximate surface area is 79.2 Å². The molecule has 1 aliphatic heterocycles. The monoisotopic (exact) mass is 190 g/mol. The molecule has 1 aliphatic rings. The number of amides is 1. The second kappa shape index (κ2) is 2.95. The van der Waals surface area contributed by atoms with Crippen LogP contribution in [0.1, 0.15) is 5.56 Å². The van der Waals surface area contributed by atoms with Crippen LogP contribution in [0.5, 0.6) is 0 Å². The van der Waals surface area contributed by atoms with Crippen molar-refractivity contribution in [1.82, 2.24) is 0 Å². The number of nitro groups is 1. The molecule has 0 spiro atoms. The molecule has 0 aliphatic carbocycles. The lowest BCUT2D eigenvalue weighted by molar-refractivity contribution is -0.401. The lowest BCUT2D eigenvalue weighted by atomic mass is 10.1. The number of hydrogen-bond donors (Lipinski definition) is 1. The van der Waals surface area contributed by atoms with E-state index in [1.165, 1.54) is 0 Å². The first-order chi connectivity index (χ1) is 6.68. The normalized spacial score (nSPS) is 16.6. The number of carbonyl (C=O) groups excluding carboxylic acids is 1. The Morgan fingerprint density at radius 1 is 1.36 bits per heavy atom. The van der Waals surface area contributed by atoms with Gasteiger partial charge in [-0.1, -0.05) is 18.2 Å². The third kappa shape index (κ3) is 1.24. The zero-order chi connectivity index (χ0) is 10.1. The molecule has 0 bridgehead atoms. The summed E-state index contributed by atoms with van der Waals surface area (Å²) in [4.78, 5) is 20.9. The largest absolute Gasteiger partial charge is 0.321 e. The number of anilines is 1. The summed E-state index contributed by atoms with van der Waals surface area (Å²) >= 11 is 0. The summed E-state index contributed by atoms with van der Waals surface area (Å²) in [6.45, 7) is 0. The highest BCUT2D eigenvalue weighted by atomic mass is 16.6. The Hall–Kier alpha value is -2.17. The molecule has 1 amide bonds. The zero-order valence-corrected chi connectivity index (χ0v) is 7.06. The number of nitrogens with zero attached hydrogens (tertiary/aromatic N) is 1. The van der Waals surface area contributed by atoms with Crippen LogP contribution >= 0.6 is 0 Å². The summed E-state index contributed by atoms with van der Waals surface area (Å²) in [7, 11) is 0. The maximum atomic E-state index is 11.3. The van der Waals surface area contributed by atoms with Gasteiger partial charge in [-0.25, -0.2) is 0 Å². The molecule has 1 heterocycles. The number of hydrogen-bond acceptors (Lipinski definition) is 3. The highest BCUT2D eigenvalue weighted by molar-refractivity contribution is 6.31. The van der Waals surface area contributed by atoms with E-state index in [-0.39, 0.29) is 5.57 Å². The van der Waals surface area contributed by atoms with E-state index in [1.54, 1.807) is 24.3 Å². The SMILES string of the molecule is O=C1Nc2ccccc2/C1=C\[N+](=O)[O-]. The molecular formula is C9H6N2O3. The fourth-order valence-corrected chi connectivity index (χ4v) is 1.37. The van der Waals surface area contributed by atoms with Crippen LogP contribution < -0.4 is 5.32 Å². The Bertz CT molecular complexity index is 451. The summed E-state index contributed by atoms with van der Waals surface area (Å²) < 4.78 is 0.